The number of hydrogen-bond donors (Lipinski definition) is 2. The molecule has 1 amide bonds. The lowest BCUT2D eigenvalue weighted by Crippen LogP contribution is -2.22. The fourth-order valence-electron chi connectivity index (χ4n) is 2.78. The van der Waals surface area contributed by atoms with E-state index in [4.69, 9.17) is 4.42 Å². The van der Waals surface area contributed by atoms with Gasteiger partial charge in [0.2, 0.25) is 10.0 Å². The number of furan rings is 1. The second-order valence-electron chi connectivity index (χ2n) is 6.70. The minimum Gasteiger partial charge on any atom is -0.451 e. The second-order valence-corrected chi connectivity index (χ2v) is 8.63. The van der Waals surface area contributed by atoms with E-state index in [1.165, 1.54) is 31.3 Å². The van der Waals surface area contributed by atoms with E-state index in [1.54, 1.807) is 24.3 Å². The number of nitrogens with one attached hydrogen (secondary N) is 2. The van der Waals surface area contributed by atoms with E-state index >= 15 is 0 Å². The number of halogens is 3. The summed E-state index contributed by atoms with van der Waals surface area (Å²) in [5.74, 6) is -0.573. The van der Waals surface area contributed by atoms with E-state index in [-0.39, 0.29) is 29.4 Å². The van der Waals surface area contributed by atoms with Gasteiger partial charge in [-0.3, -0.25) is 4.79 Å². The number of alkyl halides is 3. The molecule has 1 aromatic heterocycles. The first-order valence-corrected chi connectivity index (χ1v) is 10.8. The van der Waals surface area contributed by atoms with Crippen LogP contribution in [0.5, 0.6) is 0 Å². The van der Waals surface area contributed by atoms with Crippen LogP contribution in [0.25, 0.3) is 11.3 Å². The zero-order valence-corrected chi connectivity index (χ0v) is 17.2. The van der Waals surface area contributed by atoms with Crippen LogP contribution in [0.3, 0.4) is 0 Å². The molecule has 1 heterocycles. The molecular formula is C21H19F3N2O4S. The van der Waals surface area contributed by atoms with Crippen LogP contribution < -0.4 is 10.0 Å². The quantitative estimate of drug-likeness (QED) is 0.568. The van der Waals surface area contributed by atoms with E-state index in [2.05, 4.69) is 10.0 Å². The highest BCUT2D eigenvalue weighted by Crippen LogP contribution is 2.32. The third-order valence-corrected chi connectivity index (χ3v) is 5.78. The van der Waals surface area contributed by atoms with Crippen LogP contribution >= 0.6 is 0 Å². The van der Waals surface area contributed by atoms with Crippen molar-refractivity contribution in [1.29, 1.82) is 0 Å². The molecule has 0 saturated heterocycles. The topological polar surface area (TPSA) is 88.4 Å². The molecule has 3 rings (SSSR count). The lowest BCUT2D eigenvalue weighted by Gasteiger charge is -2.07. The number of carbonyl (C=O) groups is 1. The maximum absolute atomic E-state index is 12.9. The maximum Gasteiger partial charge on any atom is 0.416 e. The van der Waals surface area contributed by atoms with Gasteiger partial charge in [-0.05, 0) is 42.4 Å². The number of rotatable bonds is 7. The monoisotopic (exact) mass is 452 g/mol. The van der Waals surface area contributed by atoms with Crippen LogP contribution in [0.4, 0.5) is 13.2 Å². The summed E-state index contributed by atoms with van der Waals surface area (Å²) < 4.78 is 69.4. The van der Waals surface area contributed by atoms with Crippen molar-refractivity contribution in [3.63, 3.8) is 0 Å². The van der Waals surface area contributed by atoms with Crippen LogP contribution in [0.2, 0.25) is 0 Å². The third kappa shape index (κ3) is 5.96. The van der Waals surface area contributed by atoms with Crippen molar-refractivity contribution in [1.82, 2.24) is 10.0 Å². The van der Waals surface area contributed by atoms with Crippen molar-refractivity contribution in [3.8, 4) is 11.3 Å². The van der Waals surface area contributed by atoms with Gasteiger partial charge in [0.1, 0.15) is 5.76 Å². The minimum atomic E-state index is -4.48. The molecule has 0 unspecified atom stereocenters. The summed E-state index contributed by atoms with van der Waals surface area (Å²) in [6.45, 7) is 0.164. The fourth-order valence-corrected chi connectivity index (χ4v) is 3.55. The molecule has 0 saturated carbocycles. The van der Waals surface area contributed by atoms with Gasteiger partial charge in [0.05, 0.1) is 11.3 Å². The van der Waals surface area contributed by atoms with Crippen molar-refractivity contribution >= 4 is 15.9 Å². The van der Waals surface area contributed by atoms with Gasteiger partial charge in [-0.15, -0.1) is 0 Å². The Labute approximate surface area is 177 Å². The number of amides is 1. The SMILES string of the molecule is CNS(=O)(=O)Cc1ccc(CNC(=O)c2ccc(-c3cccc(C(F)(F)F)c3)o2)cc1. The van der Waals surface area contributed by atoms with Crippen LogP contribution in [-0.2, 0) is 28.5 Å². The first-order chi connectivity index (χ1) is 14.6. The fraction of sp³-hybridized carbons (Fsp3) is 0.190. The van der Waals surface area contributed by atoms with Crippen molar-refractivity contribution in [3.05, 3.63) is 83.1 Å². The van der Waals surface area contributed by atoms with Crippen molar-refractivity contribution in [2.75, 3.05) is 7.05 Å². The predicted octanol–water partition coefficient (Wildman–Crippen LogP) is 3.94. The second kappa shape index (κ2) is 8.94. The van der Waals surface area contributed by atoms with E-state index in [0.29, 0.717) is 5.56 Å². The number of hydrogen-bond acceptors (Lipinski definition) is 4. The first-order valence-electron chi connectivity index (χ1n) is 9.12. The molecule has 2 aromatic carbocycles. The van der Waals surface area contributed by atoms with Gasteiger partial charge in [0, 0.05) is 12.1 Å². The summed E-state index contributed by atoms with van der Waals surface area (Å²) in [5.41, 5.74) is 0.740. The Morgan fingerprint density at radius 2 is 1.68 bits per heavy atom. The Bertz CT molecular complexity index is 1170. The van der Waals surface area contributed by atoms with E-state index in [0.717, 1.165) is 17.7 Å². The number of carbonyl (C=O) groups excluding carboxylic acids is 1. The molecule has 0 atom stereocenters. The van der Waals surface area contributed by atoms with Gasteiger partial charge in [0.15, 0.2) is 5.76 Å². The standard InChI is InChI=1S/C21H19F3N2O4S/c1-25-31(28,29)13-15-7-5-14(6-8-15)12-26-20(27)19-10-9-18(30-19)16-3-2-4-17(11-16)21(22,23)24/h2-11,25H,12-13H2,1H3,(H,26,27). The molecule has 0 radical (unpaired) electrons. The van der Waals surface area contributed by atoms with Crippen molar-refractivity contribution in [2.24, 2.45) is 0 Å². The molecule has 0 aliphatic carbocycles. The van der Waals surface area contributed by atoms with Crippen LogP contribution in [0.1, 0.15) is 27.2 Å². The summed E-state index contributed by atoms with van der Waals surface area (Å²) in [6, 6.07) is 14.1. The molecule has 164 valence electrons. The average Bonchev–Trinajstić information content (AvgIpc) is 3.23. The summed E-state index contributed by atoms with van der Waals surface area (Å²) in [6.07, 6.45) is -4.48. The van der Waals surface area contributed by atoms with Gasteiger partial charge in [-0.1, -0.05) is 36.4 Å². The predicted molar refractivity (Wildman–Crippen MR) is 108 cm³/mol. The van der Waals surface area contributed by atoms with Crippen LogP contribution in [0, 0.1) is 0 Å². The van der Waals surface area contributed by atoms with Crippen LogP contribution in [0.15, 0.2) is 65.1 Å². The Kier molecular flexibility index (Phi) is 6.51. The van der Waals surface area contributed by atoms with Gasteiger partial charge in [-0.2, -0.15) is 13.2 Å². The zero-order valence-electron chi connectivity index (χ0n) is 16.4. The number of benzene rings is 2. The molecule has 31 heavy (non-hydrogen) atoms. The van der Waals surface area contributed by atoms with Crippen LogP contribution in [-0.4, -0.2) is 21.4 Å². The summed E-state index contributed by atoms with van der Waals surface area (Å²) in [5, 5.41) is 2.65. The smallest absolute Gasteiger partial charge is 0.416 e. The van der Waals surface area contributed by atoms with E-state index in [1.807, 2.05) is 0 Å². The molecule has 6 nitrogen and oxygen atoms in total. The maximum atomic E-state index is 12.9. The Morgan fingerprint density at radius 1 is 1.00 bits per heavy atom. The Hall–Kier alpha value is -3.11. The average molecular weight is 452 g/mol. The molecule has 3 aromatic rings. The first kappa shape index (κ1) is 22.6. The largest absolute Gasteiger partial charge is 0.451 e. The molecule has 0 aliphatic heterocycles. The van der Waals surface area contributed by atoms with Gasteiger partial charge in [-0.25, -0.2) is 13.1 Å². The van der Waals surface area contributed by atoms with Gasteiger partial charge >= 0.3 is 6.18 Å². The normalized spacial score (nSPS) is 12.0. The zero-order chi connectivity index (χ0) is 22.6. The molecular weight excluding hydrogens is 433 g/mol. The lowest BCUT2D eigenvalue weighted by molar-refractivity contribution is -0.137. The third-order valence-electron chi connectivity index (χ3n) is 4.45. The summed E-state index contributed by atoms with van der Waals surface area (Å²) >= 11 is 0. The molecule has 0 spiro atoms. The summed E-state index contributed by atoms with van der Waals surface area (Å²) in [7, 11) is -2.03. The number of sulfonamides is 1. The van der Waals surface area contributed by atoms with Crippen molar-refractivity contribution in [2.45, 2.75) is 18.5 Å². The van der Waals surface area contributed by atoms with Crippen molar-refractivity contribution < 1.29 is 30.8 Å². The van der Waals surface area contributed by atoms with E-state index < -0.39 is 27.7 Å². The molecule has 0 aliphatic rings. The van der Waals surface area contributed by atoms with Gasteiger partial charge < -0.3 is 9.73 Å². The summed E-state index contributed by atoms with van der Waals surface area (Å²) in [4.78, 5) is 12.3. The van der Waals surface area contributed by atoms with E-state index in [9.17, 15) is 26.4 Å². The molecule has 10 heteroatoms. The highest BCUT2D eigenvalue weighted by atomic mass is 32.2. The van der Waals surface area contributed by atoms with Gasteiger partial charge in [0.25, 0.3) is 5.91 Å². The minimum absolute atomic E-state index is 0.0378. The Balaban J connectivity index is 1.63. The highest BCUT2D eigenvalue weighted by molar-refractivity contribution is 7.88. The molecule has 0 fully saturated rings. The Morgan fingerprint density at radius 3 is 2.32 bits per heavy atom. The highest BCUT2D eigenvalue weighted by Gasteiger charge is 2.30. The lowest BCUT2D eigenvalue weighted by atomic mass is 10.1. The molecule has 0 bridgehead atoms. The molecule has 2 N–H and O–H groups in total.